The summed E-state index contributed by atoms with van der Waals surface area (Å²) in [6.45, 7) is 4.29. The fourth-order valence-corrected chi connectivity index (χ4v) is 2.29. The molecule has 2 rings (SSSR count). The van der Waals surface area contributed by atoms with Gasteiger partial charge in [-0.2, -0.15) is 5.26 Å². The number of hydrogen-bond acceptors (Lipinski definition) is 3. The molecule has 21 heavy (non-hydrogen) atoms. The summed E-state index contributed by atoms with van der Waals surface area (Å²) < 4.78 is 0. The molecule has 0 spiro atoms. The van der Waals surface area contributed by atoms with Gasteiger partial charge >= 0.3 is 0 Å². The Morgan fingerprint density at radius 3 is 2.52 bits per heavy atom. The van der Waals surface area contributed by atoms with Crippen LogP contribution >= 0.6 is 0 Å². The predicted molar refractivity (Wildman–Crippen MR) is 88.0 cm³/mol. The topological polar surface area (TPSA) is 61.8 Å². The third kappa shape index (κ3) is 4.25. The first kappa shape index (κ1) is 14.9. The van der Waals surface area contributed by atoms with E-state index in [4.69, 9.17) is 5.73 Å². The lowest BCUT2D eigenvalue weighted by atomic mass is 9.94. The monoisotopic (exact) mass is 279 g/mol. The number of anilines is 2. The van der Waals surface area contributed by atoms with Crippen molar-refractivity contribution in [2.45, 2.75) is 32.2 Å². The number of rotatable bonds is 5. The molecule has 108 valence electrons. The molecule has 2 aromatic carbocycles. The Labute approximate surface area is 126 Å². The molecule has 0 aliphatic rings. The first-order chi connectivity index (χ1) is 10.00. The van der Waals surface area contributed by atoms with Crippen LogP contribution in [0, 0.1) is 11.3 Å². The minimum Gasteiger partial charge on any atom is -0.399 e. The van der Waals surface area contributed by atoms with Crippen LogP contribution in [-0.2, 0) is 6.42 Å². The Morgan fingerprint density at radius 2 is 1.86 bits per heavy atom. The van der Waals surface area contributed by atoms with E-state index in [1.165, 1.54) is 5.56 Å². The first-order valence-electron chi connectivity index (χ1n) is 7.12. The highest BCUT2D eigenvalue weighted by atomic mass is 15.0. The molecule has 0 bridgehead atoms. The number of hydrogen-bond donors (Lipinski definition) is 2. The van der Waals surface area contributed by atoms with Crippen molar-refractivity contribution in [3.05, 3.63) is 59.7 Å². The molecule has 2 aromatic rings. The van der Waals surface area contributed by atoms with Gasteiger partial charge < -0.3 is 11.1 Å². The number of nitrogens with zero attached hydrogens (tertiary/aromatic N) is 1. The van der Waals surface area contributed by atoms with Crippen LogP contribution in [0.2, 0.25) is 0 Å². The van der Waals surface area contributed by atoms with Crippen molar-refractivity contribution in [3.63, 3.8) is 0 Å². The van der Waals surface area contributed by atoms with E-state index in [-0.39, 0.29) is 5.54 Å². The SMILES string of the molecule is CC(C)(CCc1ccccc1)Nc1ccc(N)cc1C#N. The average Bonchev–Trinajstić information content (AvgIpc) is 2.48. The maximum absolute atomic E-state index is 9.20. The molecule has 0 saturated carbocycles. The van der Waals surface area contributed by atoms with Crippen molar-refractivity contribution >= 4 is 11.4 Å². The van der Waals surface area contributed by atoms with E-state index in [1.807, 2.05) is 18.2 Å². The number of nitrogen functional groups attached to an aromatic ring is 1. The Hall–Kier alpha value is -2.47. The largest absolute Gasteiger partial charge is 0.399 e. The molecule has 0 unspecified atom stereocenters. The molecular weight excluding hydrogens is 258 g/mol. The molecule has 3 nitrogen and oxygen atoms in total. The fraction of sp³-hybridized carbons (Fsp3) is 0.278. The molecule has 0 aromatic heterocycles. The highest BCUT2D eigenvalue weighted by Crippen LogP contribution is 2.24. The summed E-state index contributed by atoms with van der Waals surface area (Å²) in [5, 5.41) is 12.7. The van der Waals surface area contributed by atoms with Crippen molar-refractivity contribution in [2.24, 2.45) is 0 Å². The smallest absolute Gasteiger partial charge is 0.101 e. The molecule has 0 aliphatic carbocycles. The quantitative estimate of drug-likeness (QED) is 0.814. The van der Waals surface area contributed by atoms with E-state index in [0.717, 1.165) is 18.5 Å². The zero-order chi connectivity index (χ0) is 15.3. The van der Waals surface area contributed by atoms with Crippen LogP contribution < -0.4 is 11.1 Å². The molecule has 3 N–H and O–H groups in total. The maximum Gasteiger partial charge on any atom is 0.101 e. The van der Waals surface area contributed by atoms with Crippen molar-refractivity contribution in [1.82, 2.24) is 0 Å². The molecule has 0 aliphatic heterocycles. The molecule has 0 saturated heterocycles. The van der Waals surface area contributed by atoms with Crippen LogP contribution in [0.15, 0.2) is 48.5 Å². The van der Waals surface area contributed by atoms with Crippen LogP contribution in [0.5, 0.6) is 0 Å². The highest BCUT2D eigenvalue weighted by molar-refractivity contribution is 5.63. The minimum absolute atomic E-state index is 0.0996. The van der Waals surface area contributed by atoms with Gasteiger partial charge in [0.2, 0.25) is 0 Å². The summed E-state index contributed by atoms with van der Waals surface area (Å²) in [6, 6.07) is 18.0. The van der Waals surface area contributed by atoms with Crippen LogP contribution in [0.1, 0.15) is 31.4 Å². The first-order valence-corrected chi connectivity index (χ1v) is 7.12. The van der Waals surface area contributed by atoms with Crippen LogP contribution in [0.25, 0.3) is 0 Å². The summed E-state index contributed by atoms with van der Waals surface area (Å²) >= 11 is 0. The van der Waals surface area contributed by atoms with Crippen LogP contribution in [0.3, 0.4) is 0 Å². The minimum atomic E-state index is -0.0996. The van der Waals surface area contributed by atoms with Gasteiger partial charge in [0.15, 0.2) is 0 Å². The van der Waals surface area contributed by atoms with Gasteiger partial charge in [-0.25, -0.2) is 0 Å². The third-order valence-corrected chi connectivity index (χ3v) is 3.52. The Kier molecular flexibility index (Phi) is 4.49. The summed E-state index contributed by atoms with van der Waals surface area (Å²) in [7, 11) is 0. The second-order valence-corrected chi connectivity index (χ2v) is 5.91. The van der Waals surface area contributed by atoms with Crippen molar-refractivity contribution in [2.75, 3.05) is 11.1 Å². The van der Waals surface area contributed by atoms with Crippen LogP contribution in [0.4, 0.5) is 11.4 Å². The zero-order valence-corrected chi connectivity index (χ0v) is 12.6. The number of nitrogens with one attached hydrogen (secondary N) is 1. The number of nitrogens with two attached hydrogens (primary N) is 1. The van der Waals surface area contributed by atoms with E-state index < -0.39 is 0 Å². The Morgan fingerprint density at radius 1 is 1.14 bits per heavy atom. The average molecular weight is 279 g/mol. The lowest BCUT2D eigenvalue weighted by molar-refractivity contribution is 0.518. The van der Waals surface area contributed by atoms with E-state index in [9.17, 15) is 5.26 Å². The standard InChI is InChI=1S/C18H21N3/c1-18(2,11-10-14-6-4-3-5-7-14)21-17-9-8-16(20)12-15(17)13-19/h3-9,12,21H,10-11,20H2,1-2H3. The molecule has 0 fully saturated rings. The summed E-state index contributed by atoms with van der Waals surface area (Å²) in [6.07, 6.45) is 1.98. The number of benzene rings is 2. The van der Waals surface area contributed by atoms with Gasteiger partial charge in [0.1, 0.15) is 6.07 Å². The summed E-state index contributed by atoms with van der Waals surface area (Å²) in [5.41, 5.74) is 8.98. The second-order valence-electron chi connectivity index (χ2n) is 5.91. The van der Waals surface area contributed by atoms with E-state index in [2.05, 4.69) is 49.5 Å². The molecule has 0 heterocycles. The number of nitriles is 1. The Bertz CT molecular complexity index is 639. The molecule has 0 radical (unpaired) electrons. The molecule has 0 amide bonds. The van der Waals surface area contributed by atoms with Crippen molar-refractivity contribution in [3.8, 4) is 6.07 Å². The maximum atomic E-state index is 9.20. The van der Waals surface area contributed by atoms with Gasteiger partial charge in [-0.05, 0) is 50.5 Å². The van der Waals surface area contributed by atoms with Gasteiger partial charge in [0, 0.05) is 11.2 Å². The normalized spacial score (nSPS) is 10.9. The molecule has 0 atom stereocenters. The van der Waals surface area contributed by atoms with E-state index >= 15 is 0 Å². The number of aryl methyl sites for hydroxylation is 1. The van der Waals surface area contributed by atoms with Gasteiger partial charge in [0.05, 0.1) is 11.3 Å². The van der Waals surface area contributed by atoms with Gasteiger partial charge in [-0.3, -0.25) is 0 Å². The summed E-state index contributed by atoms with van der Waals surface area (Å²) in [4.78, 5) is 0. The lowest BCUT2D eigenvalue weighted by Gasteiger charge is -2.28. The fourth-order valence-electron chi connectivity index (χ4n) is 2.29. The van der Waals surface area contributed by atoms with E-state index in [0.29, 0.717) is 11.3 Å². The molecular formula is C18H21N3. The third-order valence-electron chi connectivity index (χ3n) is 3.52. The predicted octanol–water partition coefficient (Wildman–Crippen LogP) is 3.96. The van der Waals surface area contributed by atoms with Crippen LogP contribution in [-0.4, -0.2) is 5.54 Å². The van der Waals surface area contributed by atoms with Crippen molar-refractivity contribution in [1.29, 1.82) is 5.26 Å². The van der Waals surface area contributed by atoms with Gasteiger partial charge in [0.25, 0.3) is 0 Å². The molecule has 3 heteroatoms. The van der Waals surface area contributed by atoms with E-state index in [1.54, 1.807) is 6.07 Å². The van der Waals surface area contributed by atoms with Gasteiger partial charge in [-0.1, -0.05) is 30.3 Å². The zero-order valence-electron chi connectivity index (χ0n) is 12.6. The van der Waals surface area contributed by atoms with Crippen molar-refractivity contribution < 1.29 is 0 Å². The van der Waals surface area contributed by atoms with Gasteiger partial charge in [-0.15, -0.1) is 0 Å². The highest BCUT2D eigenvalue weighted by Gasteiger charge is 2.18. The lowest BCUT2D eigenvalue weighted by Crippen LogP contribution is -2.31. The Balaban J connectivity index is 2.05. The second kappa shape index (κ2) is 6.32. The summed E-state index contributed by atoms with van der Waals surface area (Å²) in [5.74, 6) is 0.